The van der Waals surface area contributed by atoms with E-state index in [0.717, 1.165) is 12.8 Å². The predicted molar refractivity (Wildman–Crippen MR) is 81.3 cm³/mol. The van der Waals surface area contributed by atoms with Crippen molar-refractivity contribution in [1.82, 2.24) is 4.90 Å². The van der Waals surface area contributed by atoms with E-state index in [1.807, 2.05) is 0 Å². The topological polar surface area (TPSA) is 80.5 Å². The van der Waals surface area contributed by atoms with E-state index in [4.69, 9.17) is 5.14 Å². The first-order valence-electron chi connectivity index (χ1n) is 7.22. The molecular formula is C15H22N2O3S. The number of nitrogens with two attached hydrogens (primary N) is 1. The number of hydrogen-bond donors (Lipinski definition) is 1. The fraction of sp³-hybridized carbons (Fsp3) is 0.533. The summed E-state index contributed by atoms with van der Waals surface area (Å²) < 4.78 is 23.2. The van der Waals surface area contributed by atoms with Crippen molar-refractivity contribution >= 4 is 15.9 Å². The summed E-state index contributed by atoms with van der Waals surface area (Å²) in [5.41, 5.74) is 0.169. The first-order valence-corrected chi connectivity index (χ1v) is 8.76. The SMILES string of the molecule is CC(C)C1CCN(C(=O)c2ccccc2S(N)(=O)=O)CC1. The van der Waals surface area contributed by atoms with E-state index < -0.39 is 10.0 Å². The molecule has 0 atom stereocenters. The van der Waals surface area contributed by atoms with E-state index >= 15 is 0 Å². The van der Waals surface area contributed by atoms with Crippen molar-refractivity contribution < 1.29 is 13.2 Å². The second kappa shape index (κ2) is 6.15. The van der Waals surface area contributed by atoms with E-state index in [1.54, 1.807) is 17.0 Å². The van der Waals surface area contributed by atoms with E-state index in [0.29, 0.717) is 24.9 Å². The lowest BCUT2D eigenvalue weighted by Gasteiger charge is -2.34. The number of sulfonamides is 1. The van der Waals surface area contributed by atoms with Crippen LogP contribution in [-0.2, 0) is 10.0 Å². The zero-order chi connectivity index (χ0) is 15.6. The highest BCUT2D eigenvalue weighted by Gasteiger charge is 2.27. The van der Waals surface area contributed by atoms with Gasteiger partial charge in [-0.1, -0.05) is 26.0 Å². The van der Waals surface area contributed by atoms with Crippen LogP contribution in [0, 0.1) is 11.8 Å². The van der Waals surface area contributed by atoms with Crippen molar-refractivity contribution in [2.75, 3.05) is 13.1 Å². The van der Waals surface area contributed by atoms with Crippen LogP contribution < -0.4 is 5.14 Å². The molecule has 116 valence electrons. The minimum atomic E-state index is -3.89. The monoisotopic (exact) mass is 310 g/mol. The van der Waals surface area contributed by atoms with Gasteiger partial charge in [0.2, 0.25) is 10.0 Å². The Hall–Kier alpha value is -1.40. The Bertz CT molecular complexity index is 618. The average Bonchev–Trinajstić information content (AvgIpc) is 2.45. The van der Waals surface area contributed by atoms with Crippen molar-refractivity contribution in [3.05, 3.63) is 29.8 Å². The third kappa shape index (κ3) is 3.63. The highest BCUT2D eigenvalue weighted by atomic mass is 32.2. The normalized spacial score (nSPS) is 17.2. The van der Waals surface area contributed by atoms with Crippen LogP contribution in [-0.4, -0.2) is 32.3 Å². The Morgan fingerprint density at radius 1 is 1.24 bits per heavy atom. The van der Waals surface area contributed by atoms with Crippen LogP contribution >= 0.6 is 0 Å². The lowest BCUT2D eigenvalue weighted by atomic mass is 9.86. The Labute approximate surface area is 126 Å². The summed E-state index contributed by atoms with van der Waals surface area (Å²) in [4.78, 5) is 14.2. The number of hydrogen-bond acceptors (Lipinski definition) is 3. The molecule has 0 aromatic heterocycles. The molecule has 6 heteroatoms. The van der Waals surface area contributed by atoms with E-state index in [2.05, 4.69) is 13.8 Å². The molecule has 1 aromatic rings. The molecule has 0 saturated carbocycles. The van der Waals surface area contributed by atoms with Gasteiger partial charge < -0.3 is 4.90 Å². The molecule has 2 rings (SSSR count). The molecule has 1 aromatic carbocycles. The summed E-state index contributed by atoms with van der Waals surface area (Å²) in [5, 5.41) is 5.19. The zero-order valence-electron chi connectivity index (χ0n) is 12.5. The number of carbonyl (C=O) groups is 1. The second-order valence-corrected chi connectivity index (χ2v) is 7.44. The molecule has 2 N–H and O–H groups in total. The summed E-state index contributed by atoms with van der Waals surface area (Å²) in [6.07, 6.45) is 1.92. The van der Waals surface area contributed by atoms with Gasteiger partial charge in [-0.05, 0) is 36.8 Å². The van der Waals surface area contributed by atoms with Gasteiger partial charge in [-0.3, -0.25) is 4.79 Å². The number of nitrogens with zero attached hydrogens (tertiary/aromatic N) is 1. The number of rotatable bonds is 3. The largest absolute Gasteiger partial charge is 0.339 e. The van der Waals surface area contributed by atoms with Gasteiger partial charge in [0.05, 0.1) is 10.5 Å². The molecule has 0 aliphatic carbocycles. The number of primary sulfonamides is 1. The quantitative estimate of drug-likeness (QED) is 0.925. The summed E-state index contributed by atoms with van der Waals surface area (Å²) in [6, 6.07) is 6.13. The van der Waals surface area contributed by atoms with Crippen molar-refractivity contribution in [2.24, 2.45) is 17.0 Å². The van der Waals surface area contributed by atoms with Crippen molar-refractivity contribution in [1.29, 1.82) is 0 Å². The van der Waals surface area contributed by atoms with Gasteiger partial charge in [-0.25, -0.2) is 13.6 Å². The highest BCUT2D eigenvalue weighted by molar-refractivity contribution is 7.89. The van der Waals surface area contributed by atoms with E-state index in [-0.39, 0.29) is 16.4 Å². The smallest absolute Gasteiger partial charge is 0.255 e. The van der Waals surface area contributed by atoms with E-state index in [9.17, 15) is 13.2 Å². The predicted octanol–water partition coefficient (Wildman–Crippen LogP) is 1.84. The third-order valence-electron chi connectivity index (χ3n) is 4.19. The molecule has 5 nitrogen and oxygen atoms in total. The molecule has 1 saturated heterocycles. The third-order valence-corrected chi connectivity index (χ3v) is 5.16. The van der Waals surface area contributed by atoms with Gasteiger partial charge in [-0.15, -0.1) is 0 Å². The molecule has 0 spiro atoms. The van der Waals surface area contributed by atoms with Crippen LogP contribution in [0.2, 0.25) is 0 Å². The second-order valence-electron chi connectivity index (χ2n) is 5.91. The number of amides is 1. The lowest BCUT2D eigenvalue weighted by molar-refractivity contribution is 0.0664. The lowest BCUT2D eigenvalue weighted by Crippen LogP contribution is -2.40. The van der Waals surface area contributed by atoms with Gasteiger partial charge in [0, 0.05) is 13.1 Å². The maximum Gasteiger partial charge on any atom is 0.255 e. The molecule has 0 radical (unpaired) electrons. The Morgan fingerprint density at radius 3 is 2.33 bits per heavy atom. The minimum Gasteiger partial charge on any atom is -0.339 e. The molecule has 0 bridgehead atoms. The molecule has 1 aliphatic heterocycles. The number of likely N-dealkylation sites (tertiary alicyclic amines) is 1. The van der Waals surface area contributed by atoms with Crippen LogP contribution in [0.15, 0.2) is 29.2 Å². The van der Waals surface area contributed by atoms with Gasteiger partial charge in [0.25, 0.3) is 5.91 Å². The van der Waals surface area contributed by atoms with Gasteiger partial charge in [0.15, 0.2) is 0 Å². The Kier molecular flexibility index (Phi) is 4.68. The molecule has 1 aliphatic rings. The first kappa shape index (κ1) is 16.0. The summed E-state index contributed by atoms with van der Waals surface area (Å²) in [5.74, 6) is 0.989. The zero-order valence-corrected chi connectivity index (χ0v) is 13.3. The van der Waals surface area contributed by atoms with Crippen molar-refractivity contribution in [3.63, 3.8) is 0 Å². The summed E-state index contributed by atoms with van der Waals surface area (Å²) in [7, 11) is -3.89. The molecule has 21 heavy (non-hydrogen) atoms. The average molecular weight is 310 g/mol. The fourth-order valence-corrected chi connectivity index (χ4v) is 3.56. The Morgan fingerprint density at radius 2 is 1.81 bits per heavy atom. The maximum atomic E-state index is 12.5. The molecular weight excluding hydrogens is 288 g/mol. The van der Waals surface area contributed by atoms with Crippen LogP contribution in [0.3, 0.4) is 0 Å². The van der Waals surface area contributed by atoms with Gasteiger partial charge in [0.1, 0.15) is 0 Å². The molecule has 1 amide bonds. The molecule has 1 heterocycles. The summed E-state index contributed by atoms with van der Waals surface area (Å²) in [6.45, 7) is 5.72. The van der Waals surface area contributed by atoms with Crippen molar-refractivity contribution in [2.45, 2.75) is 31.6 Å². The van der Waals surface area contributed by atoms with Gasteiger partial charge >= 0.3 is 0 Å². The Balaban J connectivity index is 2.19. The van der Waals surface area contributed by atoms with Crippen LogP contribution in [0.1, 0.15) is 37.0 Å². The maximum absolute atomic E-state index is 12.5. The van der Waals surface area contributed by atoms with Gasteiger partial charge in [-0.2, -0.15) is 0 Å². The number of piperidine rings is 1. The van der Waals surface area contributed by atoms with Crippen LogP contribution in [0.25, 0.3) is 0 Å². The van der Waals surface area contributed by atoms with Crippen LogP contribution in [0.4, 0.5) is 0 Å². The highest BCUT2D eigenvalue weighted by Crippen LogP contribution is 2.26. The van der Waals surface area contributed by atoms with Crippen LogP contribution in [0.5, 0.6) is 0 Å². The van der Waals surface area contributed by atoms with Crippen molar-refractivity contribution in [3.8, 4) is 0 Å². The van der Waals surface area contributed by atoms with E-state index in [1.165, 1.54) is 12.1 Å². The summed E-state index contributed by atoms with van der Waals surface area (Å²) >= 11 is 0. The standard InChI is InChI=1S/C15H22N2O3S/c1-11(2)12-7-9-17(10-8-12)15(18)13-5-3-4-6-14(13)21(16,19)20/h3-6,11-12H,7-10H2,1-2H3,(H2,16,19,20). The minimum absolute atomic E-state index is 0.0963. The molecule has 1 fully saturated rings. The first-order chi connectivity index (χ1) is 9.80. The number of carbonyl (C=O) groups excluding carboxylic acids is 1. The molecule has 0 unspecified atom stereocenters. The fourth-order valence-electron chi connectivity index (χ4n) is 2.83. The number of benzene rings is 1.